The zero-order chi connectivity index (χ0) is 24.5. The molecule has 1 amide bonds. The van der Waals surface area contributed by atoms with Crippen LogP contribution in [-0.4, -0.2) is 48.7 Å². The molecule has 0 saturated carbocycles. The highest BCUT2D eigenvalue weighted by Gasteiger charge is 2.35. The van der Waals surface area contributed by atoms with E-state index in [1.807, 2.05) is 0 Å². The third kappa shape index (κ3) is 16.6. The molecular weight excluding hydrogens is 414 g/mol. The maximum atomic E-state index is 11.7. The molecule has 0 heterocycles. The maximum Gasteiger partial charge on any atom is 0.303 e. The Bertz CT molecular complexity index is 577. The van der Waals surface area contributed by atoms with Gasteiger partial charge in [-0.3, -0.25) is 19.2 Å². The second-order valence-electron chi connectivity index (χ2n) is 8.78. The average Bonchev–Trinajstić information content (AvgIpc) is 2.66. The smallest absolute Gasteiger partial charge is 0.303 e. The van der Waals surface area contributed by atoms with Crippen LogP contribution in [0.5, 0.6) is 0 Å². The number of esters is 3. The number of nitrogens with one attached hydrogen (secondary N) is 1. The summed E-state index contributed by atoms with van der Waals surface area (Å²) in [6.07, 6.45) is 7.73. The molecule has 1 N–H and O–H groups in total. The van der Waals surface area contributed by atoms with Crippen molar-refractivity contribution >= 4 is 23.8 Å². The Morgan fingerprint density at radius 2 is 1.19 bits per heavy atom. The molecule has 0 rings (SSSR count). The van der Waals surface area contributed by atoms with Gasteiger partial charge in [0.25, 0.3) is 0 Å². The third-order valence-electron chi connectivity index (χ3n) is 5.01. The Balaban J connectivity index is 4.94. The fourth-order valence-electron chi connectivity index (χ4n) is 3.58. The predicted octanol–water partition coefficient (Wildman–Crippen LogP) is 4.08. The van der Waals surface area contributed by atoms with E-state index in [1.165, 1.54) is 53.4 Å². The Morgan fingerprint density at radius 1 is 0.688 bits per heavy atom. The third-order valence-corrected chi connectivity index (χ3v) is 5.01. The van der Waals surface area contributed by atoms with Crippen LogP contribution in [0.15, 0.2) is 0 Å². The summed E-state index contributed by atoms with van der Waals surface area (Å²) >= 11 is 0. The molecule has 0 fully saturated rings. The lowest BCUT2D eigenvalue weighted by atomic mass is 9.98. The molecule has 32 heavy (non-hydrogen) atoms. The number of rotatable bonds is 17. The SMILES string of the molecule is CC(=O)N[C@@H](COC(C)=O)[C@H](OC(C)=O)[C@@H](CCCCCCCCCC(C)C)OC(C)=O. The molecule has 0 aliphatic carbocycles. The van der Waals surface area contributed by atoms with Gasteiger partial charge in [0.2, 0.25) is 5.91 Å². The van der Waals surface area contributed by atoms with Crippen LogP contribution in [0.1, 0.15) is 99.3 Å². The molecule has 186 valence electrons. The van der Waals surface area contributed by atoms with Gasteiger partial charge in [-0.05, 0) is 18.8 Å². The lowest BCUT2D eigenvalue weighted by Crippen LogP contribution is -2.53. The number of hydrogen-bond acceptors (Lipinski definition) is 7. The summed E-state index contributed by atoms with van der Waals surface area (Å²) < 4.78 is 15.9. The van der Waals surface area contributed by atoms with Gasteiger partial charge in [-0.25, -0.2) is 0 Å². The molecule has 0 bridgehead atoms. The van der Waals surface area contributed by atoms with Crippen LogP contribution in [0, 0.1) is 5.92 Å². The number of carbonyl (C=O) groups is 4. The predicted molar refractivity (Wildman–Crippen MR) is 122 cm³/mol. The van der Waals surface area contributed by atoms with Crippen molar-refractivity contribution in [2.75, 3.05) is 6.61 Å². The monoisotopic (exact) mass is 457 g/mol. The zero-order valence-electron chi connectivity index (χ0n) is 20.7. The Kier molecular flexibility index (Phi) is 16.3. The summed E-state index contributed by atoms with van der Waals surface area (Å²) in [7, 11) is 0. The Morgan fingerprint density at radius 3 is 1.62 bits per heavy atom. The molecule has 0 aliphatic rings. The molecular formula is C24H43NO7. The lowest BCUT2D eigenvalue weighted by molar-refractivity contribution is -0.171. The van der Waals surface area contributed by atoms with Crippen molar-refractivity contribution in [2.45, 2.75) is 118 Å². The summed E-state index contributed by atoms with van der Waals surface area (Å²) in [4.78, 5) is 46.4. The average molecular weight is 458 g/mol. The van der Waals surface area contributed by atoms with E-state index >= 15 is 0 Å². The van der Waals surface area contributed by atoms with Gasteiger partial charge in [0.1, 0.15) is 18.8 Å². The van der Waals surface area contributed by atoms with E-state index in [9.17, 15) is 19.2 Å². The zero-order valence-corrected chi connectivity index (χ0v) is 20.7. The quantitative estimate of drug-likeness (QED) is 0.199. The normalized spacial score (nSPS) is 13.7. The fraction of sp³-hybridized carbons (Fsp3) is 0.833. The van der Waals surface area contributed by atoms with Crippen molar-refractivity contribution in [1.29, 1.82) is 0 Å². The van der Waals surface area contributed by atoms with Gasteiger partial charge in [-0.1, -0.05) is 58.8 Å². The van der Waals surface area contributed by atoms with Crippen molar-refractivity contribution in [1.82, 2.24) is 5.32 Å². The van der Waals surface area contributed by atoms with Gasteiger partial charge in [0, 0.05) is 27.7 Å². The molecule has 0 aromatic carbocycles. The molecule has 0 aromatic heterocycles. The molecule has 0 radical (unpaired) electrons. The molecule has 0 aliphatic heterocycles. The summed E-state index contributed by atoms with van der Waals surface area (Å²) in [5.41, 5.74) is 0. The molecule has 8 heteroatoms. The van der Waals surface area contributed by atoms with Crippen molar-refractivity contribution in [3.63, 3.8) is 0 Å². The first-order valence-corrected chi connectivity index (χ1v) is 11.8. The number of ether oxygens (including phenoxy) is 3. The maximum absolute atomic E-state index is 11.7. The Labute approximate surface area is 193 Å². The minimum Gasteiger partial charge on any atom is -0.464 e. The van der Waals surface area contributed by atoms with E-state index in [0.29, 0.717) is 6.42 Å². The topological polar surface area (TPSA) is 108 Å². The van der Waals surface area contributed by atoms with Crippen LogP contribution in [0.4, 0.5) is 0 Å². The van der Waals surface area contributed by atoms with Gasteiger partial charge in [-0.15, -0.1) is 0 Å². The van der Waals surface area contributed by atoms with Crippen LogP contribution >= 0.6 is 0 Å². The minimum atomic E-state index is -0.962. The van der Waals surface area contributed by atoms with Gasteiger partial charge in [0.05, 0.1) is 0 Å². The van der Waals surface area contributed by atoms with E-state index < -0.39 is 36.2 Å². The van der Waals surface area contributed by atoms with Crippen molar-refractivity contribution in [3.8, 4) is 0 Å². The van der Waals surface area contributed by atoms with Crippen LogP contribution in [0.2, 0.25) is 0 Å². The van der Waals surface area contributed by atoms with Crippen LogP contribution in [-0.2, 0) is 33.4 Å². The van der Waals surface area contributed by atoms with Crippen molar-refractivity contribution in [3.05, 3.63) is 0 Å². The minimum absolute atomic E-state index is 0.193. The van der Waals surface area contributed by atoms with Crippen LogP contribution < -0.4 is 5.32 Å². The van der Waals surface area contributed by atoms with Gasteiger partial charge >= 0.3 is 17.9 Å². The molecule has 8 nitrogen and oxygen atoms in total. The molecule has 0 saturated heterocycles. The van der Waals surface area contributed by atoms with Gasteiger partial charge in [0.15, 0.2) is 6.10 Å². The first kappa shape index (κ1) is 29.9. The van der Waals surface area contributed by atoms with Crippen LogP contribution in [0.25, 0.3) is 0 Å². The molecule has 0 spiro atoms. The van der Waals surface area contributed by atoms with Crippen molar-refractivity contribution in [2.24, 2.45) is 5.92 Å². The summed E-state index contributed by atoms with van der Waals surface area (Å²) in [6.45, 7) is 9.38. The molecule has 3 atom stereocenters. The highest BCUT2D eigenvalue weighted by molar-refractivity contribution is 5.73. The van der Waals surface area contributed by atoms with Crippen molar-refractivity contribution < 1.29 is 33.4 Å². The summed E-state index contributed by atoms with van der Waals surface area (Å²) in [5.74, 6) is -1.24. The summed E-state index contributed by atoms with van der Waals surface area (Å²) in [6, 6.07) is -0.828. The molecule has 0 unspecified atom stereocenters. The highest BCUT2D eigenvalue weighted by atomic mass is 16.6. The van der Waals surface area contributed by atoms with Crippen LogP contribution in [0.3, 0.4) is 0 Å². The number of unbranched alkanes of at least 4 members (excludes halogenated alkanes) is 6. The molecule has 0 aromatic rings. The number of carbonyl (C=O) groups excluding carboxylic acids is 4. The number of amides is 1. The largest absolute Gasteiger partial charge is 0.464 e. The van der Waals surface area contributed by atoms with E-state index in [0.717, 1.165) is 31.6 Å². The van der Waals surface area contributed by atoms with E-state index in [2.05, 4.69) is 19.2 Å². The lowest BCUT2D eigenvalue weighted by Gasteiger charge is -2.32. The summed E-state index contributed by atoms with van der Waals surface area (Å²) in [5, 5.41) is 2.65. The standard InChI is InChI=1S/C24H43NO7/c1-17(2)14-12-10-8-7-9-11-13-15-23(31-20(5)28)24(32-21(6)29)22(25-18(3)26)16-30-19(4)27/h17,22-24H,7-16H2,1-6H3,(H,25,26)/t22-,23+,24-/m0/s1. The number of hydrogen-bond donors (Lipinski definition) is 1. The first-order chi connectivity index (χ1) is 15.0. The first-order valence-electron chi connectivity index (χ1n) is 11.8. The van der Waals surface area contributed by atoms with E-state index in [-0.39, 0.29) is 12.5 Å². The van der Waals surface area contributed by atoms with Gasteiger partial charge < -0.3 is 19.5 Å². The van der Waals surface area contributed by atoms with E-state index in [4.69, 9.17) is 14.2 Å². The Hall–Kier alpha value is -2.12. The van der Waals surface area contributed by atoms with E-state index in [1.54, 1.807) is 0 Å². The second kappa shape index (κ2) is 17.4. The second-order valence-corrected chi connectivity index (χ2v) is 8.78. The fourth-order valence-corrected chi connectivity index (χ4v) is 3.58. The van der Waals surface area contributed by atoms with Gasteiger partial charge in [-0.2, -0.15) is 0 Å². The highest BCUT2D eigenvalue weighted by Crippen LogP contribution is 2.19.